The summed E-state index contributed by atoms with van der Waals surface area (Å²) in [7, 11) is 0. The molecule has 0 amide bonds. The molecule has 2 saturated carbocycles. The smallest absolute Gasteiger partial charge is 0.115 e. The Morgan fingerprint density at radius 3 is 2.74 bits per heavy atom. The van der Waals surface area contributed by atoms with E-state index in [0.29, 0.717) is 23.2 Å². The highest BCUT2D eigenvalue weighted by Gasteiger charge is 2.74. The number of hydrogen-bond donors (Lipinski definition) is 2. The molecular weight excluding hydrogens is 418 g/mol. The summed E-state index contributed by atoms with van der Waals surface area (Å²) in [5.41, 5.74) is 11.0. The van der Waals surface area contributed by atoms with Gasteiger partial charge in [-0.25, -0.2) is 0 Å². The van der Waals surface area contributed by atoms with Gasteiger partial charge in [-0.1, -0.05) is 36.4 Å². The van der Waals surface area contributed by atoms with E-state index in [-0.39, 0.29) is 5.41 Å². The first kappa shape index (κ1) is 21.4. The summed E-state index contributed by atoms with van der Waals surface area (Å²) < 4.78 is 0. The number of likely N-dealkylation sites (tertiary alicyclic amines) is 2. The topological polar surface area (TPSA) is 52.7 Å². The summed E-state index contributed by atoms with van der Waals surface area (Å²) in [5.74, 6) is 2.01. The minimum atomic E-state index is 0.228. The van der Waals surface area contributed by atoms with Crippen LogP contribution in [0.25, 0.3) is 0 Å². The second-order valence-electron chi connectivity index (χ2n) is 12.0. The van der Waals surface area contributed by atoms with Gasteiger partial charge in [0, 0.05) is 24.0 Å². The third-order valence-corrected chi connectivity index (χ3v) is 10.9. The molecule has 2 saturated heterocycles. The Hall–Kier alpha value is -1.88. The molecule has 2 aromatic rings. The number of phenols is 1. The van der Waals surface area contributed by atoms with Gasteiger partial charge in [-0.15, -0.1) is 0 Å². The Balaban J connectivity index is 1.33. The van der Waals surface area contributed by atoms with E-state index in [2.05, 4.69) is 52.3 Å². The van der Waals surface area contributed by atoms with Gasteiger partial charge in [0.05, 0.1) is 0 Å². The number of nitrogens with zero attached hydrogens (tertiary/aromatic N) is 2. The molecule has 7 rings (SSSR count). The van der Waals surface area contributed by atoms with Crippen LogP contribution in [0.15, 0.2) is 48.5 Å². The highest BCUT2D eigenvalue weighted by molar-refractivity contribution is 5.50. The maximum Gasteiger partial charge on any atom is 0.115 e. The molecule has 34 heavy (non-hydrogen) atoms. The third kappa shape index (κ3) is 2.76. The number of phenolic OH excluding ortho intramolecular Hbond substituents is 1. The Bertz CT molecular complexity index is 1070. The van der Waals surface area contributed by atoms with E-state index in [0.717, 1.165) is 44.3 Å². The van der Waals surface area contributed by atoms with Crippen LogP contribution in [0.5, 0.6) is 5.75 Å². The van der Waals surface area contributed by atoms with Gasteiger partial charge in [-0.2, -0.15) is 0 Å². The standard InChI is InChI=1S/C30H39N3O/c31-13-4-14-32-16-12-30-25-18-24(34)8-7-22(25)17-27(32)29(30)11-9-26-28(30)23(19-29)10-15-33(26)20-21-5-2-1-3-6-21/h1-3,5-8,18,23,26-28,34H,4,9-17,19-20,31H2/t23-,26?,27?,28?,29?,30?/m0/s1. The van der Waals surface area contributed by atoms with Crippen molar-refractivity contribution < 1.29 is 5.11 Å². The molecule has 2 heterocycles. The number of fused-ring (bicyclic) bond motifs is 1. The van der Waals surface area contributed by atoms with E-state index in [1.165, 1.54) is 61.9 Å². The molecule has 4 heteroatoms. The zero-order valence-corrected chi connectivity index (χ0v) is 20.3. The second kappa shape index (κ2) is 7.81. The van der Waals surface area contributed by atoms with Crippen molar-refractivity contribution in [2.45, 2.75) is 69.0 Å². The number of nitrogens with two attached hydrogens (primary N) is 1. The highest BCUT2D eigenvalue weighted by Crippen LogP contribution is 2.75. The van der Waals surface area contributed by atoms with Crippen molar-refractivity contribution >= 4 is 0 Å². The van der Waals surface area contributed by atoms with Gasteiger partial charge in [0.25, 0.3) is 0 Å². The van der Waals surface area contributed by atoms with Crippen molar-refractivity contribution in [3.8, 4) is 5.75 Å². The van der Waals surface area contributed by atoms with Gasteiger partial charge in [0.15, 0.2) is 0 Å². The third-order valence-electron chi connectivity index (χ3n) is 10.9. The van der Waals surface area contributed by atoms with Crippen LogP contribution >= 0.6 is 0 Å². The SMILES string of the molecule is NCCCN1CCC23c4cc(O)ccc4CC1C21CCC2C3[C@@H](CCN2Cc2ccccc2)C1. The maximum absolute atomic E-state index is 10.6. The summed E-state index contributed by atoms with van der Waals surface area (Å²) in [6, 6.07) is 18.8. The second-order valence-corrected chi connectivity index (χ2v) is 12.0. The minimum Gasteiger partial charge on any atom is -0.508 e. The molecule has 0 radical (unpaired) electrons. The first-order valence-corrected chi connectivity index (χ1v) is 13.7. The molecule has 5 aliphatic rings. The van der Waals surface area contributed by atoms with Crippen LogP contribution in [0.4, 0.5) is 0 Å². The van der Waals surface area contributed by atoms with Gasteiger partial charge in [0.1, 0.15) is 5.75 Å². The van der Waals surface area contributed by atoms with Crippen LogP contribution in [0.1, 0.15) is 55.2 Å². The number of benzene rings is 2. The first-order chi connectivity index (χ1) is 16.7. The number of aromatic hydroxyl groups is 1. The van der Waals surface area contributed by atoms with E-state index in [1.54, 1.807) is 0 Å². The van der Waals surface area contributed by atoms with Crippen molar-refractivity contribution in [1.29, 1.82) is 0 Å². The lowest BCUT2D eigenvalue weighted by Crippen LogP contribution is -2.70. The summed E-state index contributed by atoms with van der Waals surface area (Å²) in [6.45, 7) is 5.44. The Labute approximate surface area is 204 Å². The van der Waals surface area contributed by atoms with Crippen molar-refractivity contribution in [2.75, 3.05) is 26.2 Å². The molecule has 5 unspecified atom stereocenters. The fourth-order valence-corrected chi connectivity index (χ4v) is 9.94. The van der Waals surface area contributed by atoms with E-state index in [1.807, 2.05) is 6.07 Å². The molecule has 0 spiro atoms. The molecule has 2 aliphatic heterocycles. The van der Waals surface area contributed by atoms with E-state index in [4.69, 9.17) is 5.73 Å². The van der Waals surface area contributed by atoms with Crippen molar-refractivity contribution in [3.63, 3.8) is 0 Å². The lowest BCUT2D eigenvalue weighted by atomic mass is 9.43. The highest BCUT2D eigenvalue weighted by atomic mass is 16.3. The van der Waals surface area contributed by atoms with Gasteiger partial charge >= 0.3 is 0 Å². The lowest BCUT2D eigenvalue weighted by molar-refractivity contribution is -0.115. The average molecular weight is 458 g/mol. The number of piperidine rings is 2. The zero-order chi connectivity index (χ0) is 22.9. The summed E-state index contributed by atoms with van der Waals surface area (Å²) in [5, 5.41) is 10.6. The maximum atomic E-state index is 10.6. The van der Waals surface area contributed by atoms with E-state index in [9.17, 15) is 5.11 Å². The average Bonchev–Trinajstić information content (AvgIpc) is 3.10. The molecule has 0 aromatic heterocycles. The normalized spacial score (nSPS) is 38.4. The van der Waals surface area contributed by atoms with Crippen LogP contribution in [-0.2, 0) is 18.4 Å². The summed E-state index contributed by atoms with van der Waals surface area (Å²) in [4.78, 5) is 5.67. The quantitative estimate of drug-likeness (QED) is 0.703. The fraction of sp³-hybridized carbons (Fsp3) is 0.600. The Kier molecular flexibility index (Phi) is 4.92. The Morgan fingerprint density at radius 1 is 1.00 bits per heavy atom. The van der Waals surface area contributed by atoms with Crippen LogP contribution < -0.4 is 5.73 Å². The molecule has 2 aromatic carbocycles. The van der Waals surface area contributed by atoms with Crippen molar-refractivity contribution in [3.05, 3.63) is 65.2 Å². The van der Waals surface area contributed by atoms with Crippen molar-refractivity contribution in [1.82, 2.24) is 9.80 Å². The lowest BCUT2D eigenvalue weighted by Gasteiger charge is -2.67. The predicted molar refractivity (Wildman–Crippen MR) is 136 cm³/mol. The van der Waals surface area contributed by atoms with Crippen LogP contribution in [-0.4, -0.2) is 53.2 Å². The molecule has 6 atom stereocenters. The minimum absolute atomic E-state index is 0.228. The monoisotopic (exact) mass is 457 g/mol. The van der Waals surface area contributed by atoms with Crippen LogP contribution in [0.3, 0.4) is 0 Å². The predicted octanol–water partition coefficient (Wildman–Crippen LogP) is 4.30. The van der Waals surface area contributed by atoms with Crippen LogP contribution in [0, 0.1) is 17.3 Å². The summed E-state index contributed by atoms with van der Waals surface area (Å²) in [6.07, 6.45) is 8.91. The largest absolute Gasteiger partial charge is 0.508 e. The molecule has 180 valence electrons. The Morgan fingerprint density at radius 2 is 1.88 bits per heavy atom. The number of rotatable bonds is 5. The van der Waals surface area contributed by atoms with Crippen molar-refractivity contribution in [2.24, 2.45) is 23.0 Å². The molecule has 4 nitrogen and oxygen atoms in total. The summed E-state index contributed by atoms with van der Waals surface area (Å²) >= 11 is 0. The first-order valence-electron chi connectivity index (χ1n) is 13.7. The van der Waals surface area contributed by atoms with Gasteiger partial charge < -0.3 is 10.8 Å². The van der Waals surface area contributed by atoms with E-state index < -0.39 is 0 Å². The zero-order valence-electron chi connectivity index (χ0n) is 20.3. The number of hydrogen-bond acceptors (Lipinski definition) is 4. The molecular formula is C30H39N3O. The van der Waals surface area contributed by atoms with Gasteiger partial charge in [-0.3, -0.25) is 9.80 Å². The van der Waals surface area contributed by atoms with E-state index >= 15 is 0 Å². The van der Waals surface area contributed by atoms with Gasteiger partial charge in [0.2, 0.25) is 0 Å². The van der Waals surface area contributed by atoms with Gasteiger partial charge in [-0.05, 0) is 117 Å². The molecule has 4 fully saturated rings. The van der Waals surface area contributed by atoms with Crippen LogP contribution in [0.2, 0.25) is 0 Å². The molecule has 3 aliphatic carbocycles. The molecule has 4 bridgehead atoms. The fourth-order valence-electron chi connectivity index (χ4n) is 9.94. The molecule has 3 N–H and O–H groups in total.